The molecule has 1 heterocycles. The van der Waals surface area contributed by atoms with Gasteiger partial charge < -0.3 is 9.84 Å². The van der Waals surface area contributed by atoms with E-state index in [4.69, 9.17) is 4.52 Å². The van der Waals surface area contributed by atoms with Crippen LogP contribution in [0.15, 0.2) is 17.2 Å². The van der Waals surface area contributed by atoms with E-state index in [1.54, 1.807) is 19.9 Å². The minimum absolute atomic E-state index is 0.170. The second-order valence-corrected chi connectivity index (χ2v) is 2.70. The molecular weight excluding hydrogens is 168 g/mol. The number of aryl methyl sites for hydroxylation is 2. The Morgan fingerprint density at radius 2 is 2.38 bits per heavy atom. The van der Waals surface area contributed by atoms with Gasteiger partial charge in [0.15, 0.2) is 0 Å². The normalized spacial score (nSPS) is 9.69. The largest absolute Gasteiger partial charge is 0.361 e. The first kappa shape index (κ1) is 9.51. The number of amides is 1. The predicted octanol–water partition coefficient (Wildman–Crippen LogP) is 1.21. The number of nitrogens with zero attached hydrogens (tertiary/aromatic N) is 1. The Morgan fingerprint density at radius 1 is 1.69 bits per heavy atom. The zero-order valence-electron chi connectivity index (χ0n) is 7.76. The maximum Gasteiger partial charge on any atom is 0.257 e. The molecule has 0 fully saturated rings. The topological polar surface area (TPSA) is 55.1 Å². The molecule has 0 saturated carbocycles. The van der Waals surface area contributed by atoms with Gasteiger partial charge in [-0.15, -0.1) is 6.58 Å². The van der Waals surface area contributed by atoms with Crippen LogP contribution in [0.5, 0.6) is 0 Å². The lowest BCUT2D eigenvalue weighted by atomic mass is 10.2. The van der Waals surface area contributed by atoms with Crippen LogP contribution in [0.4, 0.5) is 0 Å². The van der Waals surface area contributed by atoms with Crippen LogP contribution in [0, 0.1) is 13.8 Å². The van der Waals surface area contributed by atoms with E-state index in [0.717, 1.165) is 0 Å². The van der Waals surface area contributed by atoms with Crippen LogP contribution in [0.1, 0.15) is 21.8 Å². The van der Waals surface area contributed by atoms with Gasteiger partial charge in [-0.2, -0.15) is 0 Å². The van der Waals surface area contributed by atoms with Crippen molar-refractivity contribution in [3.63, 3.8) is 0 Å². The molecule has 0 aliphatic rings. The van der Waals surface area contributed by atoms with E-state index in [1.165, 1.54) is 0 Å². The fourth-order valence-corrected chi connectivity index (χ4v) is 1.06. The minimum atomic E-state index is -0.170. The summed E-state index contributed by atoms with van der Waals surface area (Å²) in [4.78, 5) is 11.4. The summed E-state index contributed by atoms with van der Waals surface area (Å²) in [6, 6.07) is 0. The van der Waals surface area contributed by atoms with Crippen LogP contribution in [0.2, 0.25) is 0 Å². The van der Waals surface area contributed by atoms with E-state index in [9.17, 15) is 4.79 Å². The highest BCUT2D eigenvalue weighted by atomic mass is 16.5. The maximum absolute atomic E-state index is 11.4. The molecule has 0 aromatic carbocycles. The van der Waals surface area contributed by atoms with Gasteiger partial charge in [-0.3, -0.25) is 4.79 Å². The number of hydrogen-bond acceptors (Lipinski definition) is 3. The van der Waals surface area contributed by atoms with Crippen LogP contribution in [-0.2, 0) is 0 Å². The van der Waals surface area contributed by atoms with Crippen molar-refractivity contribution in [3.8, 4) is 0 Å². The molecule has 0 saturated heterocycles. The summed E-state index contributed by atoms with van der Waals surface area (Å²) in [6.45, 7) is 7.40. The van der Waals surface area contributed by atoms with E-state index in [-0.39, 0.29) is 5.91 Å². The van der Waals surface area contributed by atoms with Crippen molar-refractivity contribution in [2.75, 3.05) is 6.54 Å². The number of carbonyl (C=O) groups is 1. The third-order valence-corrected chi connectivity index (χ3v) is 1.67. The minimum Gasteiger partial charge on any atom is -0.361 e. The first-order valence-corrected chi connectivity index (χ1v) is 3.98. The van der Waals surface area contributed by atoms with Crippen molar-refractivity contribution in [3.05, 3.63) is 29.7 Å². The molecule has 0 atom stereocenters. The van der Waals surface area contributed by atoms with Gasteiger partial charge in [0.2, 0.25) is 0 Å². The maximum atomic E-state index is 11.4. The average molecular weight is 180 g/mol. The van der Waals surface area contributed by atoms with Gasteiger partial charge in [-0.25, -0.2) is 0 Å². The van der Waals surface area contributed by atoms with Gasteiger partial charge >= 0.3 is 0 Å². The standard InChI is InChI=1S/C9H12N2O2/c1-4-5-10-9(12)8-6(2)11-13-7(8)3/h4H,1,5H2,2-3H3,(H,10,12). The summed E-state index contributed by atoms with van der Waals surface area (Å²) in [5.41, 5.74) is 1.13. The molecule has 0 bridgehead atoms. The summed E-state index contributed by atoms with van der Waals surface area (Å²) >= 11 is 0. The second-order valence-electron chi connectivity index (χ2n) is 2.70. The van der Waals surface area contributed by atoms with Gasteiger partial charge in [0.25, 0.3) is 5.91 Å². The molecule has 0 unspecified atom stereocenters. The second kappa shape index (κ2) is 3.89. The molecule has 4 heteroatoms. The highest BCUT2D eigenvalue weighted by molar-refractivity contribution is 5.96. The lowest BCUT2D eigenvalue weighted by molar-refractivity contribution is 0.0956. The predicted molar refractivity (Wildman–Crippen MR) is 48.5 cm³/mol. The molecule has 0 aliphatic carbocycles. The molecular formula is C9H12N2O2. The average Bonchev–Trinajstić information content (AvgIpc) is 2.42. The molecule has 1 N–H and O–H groups in total. The lowest BCUT2D eigenvalue weighted by Gasteiger charge is -1.99. The molecule has 0 spiro atoms. The van der Waals surface area contributed by atoms with E-state index in [1.807, 2.05) is 0 Å². The van der Waals surface area contributed by atoms with Crippen molar-refractivity contribution in [1.29, 1.82) is 0 Å². The third kappa shape index (κ3) is 1.96. The van der Waals surface area contributed by atoms with Gasteiger partial charge in [0.05, 0.1) is 5.69 Å². The van der Waals surface area contributed by atoms with E-state index < -0.39 is 0 Å². The first-order chi connectivity index (χ1) is 6.16. The highest BCUT2D eigenvalue weighted by Gasteiger charge is 2.15. The zero-order chi connectivity index (χ0) is 9.84. The lowest BCUT2D eigenvalue weighted by Crippen LogP contribution is -2.24. The summed E-state index contributed by atoms with van der Waals surface area (Å²) in [5.74, 6) is 0.371. The quantitative estimate of drug-likeness (QED) is 0.711. The van der Waals surface area contributed by atoms with Gasteiger partial charge in [-0.05, 0) is 13.8 Å². The van der Waals surface area contributed by atoms with E-state index in [2.05, 4.69) is 17.1 Å². The molecule has 1 rings (SSSR count). The zero-order valence-corrected chi connectivity index (χ0v) is 7.76. The van der Waals surface area contributed by atoms with Crippen LogP contribution in [0.3, 0.4) is 0 Å². The van der Waals surface area contributed by atoms with Gasteiger partial charge in [0.1, 0.15) is 11.3 Å². The Morgan fingerprint density at radius 3 is 2.85 bits per heavy atom. The Kier molecular flexibility index (Phi) is 2.84. The Balaban J connectivity index is 2.81. The molecule has 0 radical (unpaired) electrons. The molecule has 1 aromatic rings. The molecule has 0 aliphatic heterocycles. The van der Waals surface area contributed by atoms with Crippen molar-refractivity contribution < 1.29 is 9.32 Å². The number of aromatic nitrogens is 1. The summed E-state index contributed by atoms with van der Waals surface area (Å²) in [6.07, 6.45) is 1.62. The molecule has 70 valence electrons. The van der Waals surface area contributed by atoms with E-state index in [0.29, 0.717) is 23.6 Å². The van der Waals surface area contributed by atoms with E-state index >= 15 is 0 Å². The first-order valence-electron chi connectivity index (χ1n) is 3.98. The van der Waals surface area contributed by atoms with Crippen molar-refractivity contribution >= 4 is 5.91 Å². The van der Waals surface area contributed by atoms with Crippen LogP contribution in [-0.4, -0.2) is 17.6 Å². The Bertz CT molecular complexity index is 309. The van der Waals surface area contributed by atoms with Crippen molar-refractivity contribution in [2.24, 2.45) is 0 Å². The van der Waals surface area contributed by atoms with Gasteiger partial charge in [0, 0.05) is 6.54 Å². The van der Waals surface area contributed by atoms with Crippen LogP contribution < -0.4 is 5.32 Å². The number of rotatable bonds is 3. The summed E-state index contributed by atoms with van der Waals surface area (Å²) in [5, 5.41) is 6.34. The fraction of sp³-hybridized carbons (Fsp3) is 0.333. The Hall–Kier alpha value is -1.58. The summed E-state index contributed by atoms with van der Waals surface area (Å²) < 4.78 is 4.86. The SMILES string of the molecule is C=CCNC(=O)c1c(C)noc1C. The summed E-state index contributed by atoms with van der Waals surface area (Å²) in [7, 11) is 0. The van der Waals surface area contributed by atoms with Crippen molar-refractivity contribution in [2.45, 2.75) is 13.8 Å². The number of nitrogens with one attached hydrogen (secondary N) is 1. The fourth-order valence-electron chi connectivity index (χ4n) is 1.06. The molecule has 1 amide bonds. The van der Waals surface area contributed by atoms with Gasteiger partial charge in [-0.1, -0.05) is 11.2 Å². The number of carbonyl (C=O) groups excluding carboxylic acids is 1. The smallest absolute Gasteiger partial charge is 0.257 e. The molecule has 1 aromatic heterocycles. The monoisotopic (exact) mass is 180 g/mol. The highest BCUT2D eigenvalue weighted by Crippen LogP contribution is 2.11. The molecule has 13 heavy (non-hydrogen) atoms. The van der Waals surface area contributed by atoms with Crippen LogP contribution in [0.25, 0.3) is 0 Å². The van der Waals surface area contributed by atoms with Crippen molar-refractivity contribution in [1.82, 2.24) is 10.5 Å². The third-order valence-electron chi connectivity index (χ3n) is 1.67. The Labute approximate surface area is 76.6 Å². The number of hydrogen-bond donors (Lipinski definition) is 1. The molecule has 4 nitrogen and oxygen atoms in total. The van der Waals surface area contributed by atoms with Crippen LogP contribution >= 0.6 is 0 Å².